The van der Waals surface area contributed by atoms with Gasteiger partial charge in [-0.2, -0.15) is 5.26 Å². The zero-order valence-corrected chi connectivity index (χ0v) is 12.4. The van der Waals surface area contributed by atoms with E-state index in [1.165, 1.54) is 11.1 Å². The molecule has 0 aromatic heterocycles. The Morgan fingerprint density at radius 1 is 1.16 bits per heavy atom. The Morgan fingerprint density at radius 2 is 1.79 bits per heavy atom. The highest BCUT2D eigenvalue weighted by Crippen LogP contribution is 2.10. The van der Waals surface area contributed by atoms with Crippen LogP contribution in [-0.2, 0) is 12.8 Å². The van der Waals surface area contributed by atoms with E-state index in [-0.39, 0.29) is 5.92 Å². The summed E-state index contributed by atoms with van der Waals surface area (Å²) in [5.41, 5.74) is 2.78. The predicted octanol–water partition coefficient (Wildman–Crippen LogP) is 3.57. The van der Waals surface area contributed by atoms with Crippen molar-refractivity contribution in [2.24, 2.45) is 11.8 Å². The summed E-state index contributed by atoms with van der Waals surface area (Å²) in [6.07, 6.45) is 3.11. The first-order chi connectivity index (χ1) is 9.15. The van der Waals surface area contributed by atoms with E-state index in [1.54, 1.807) is 0 Å². The van der Waals surface area contributed by atoms with Gasteiger partial charge in [0.25, 0.3) is 0 Å². The summed E-state index contributed by atoms with van der Waals surface area (Å²) in [5.74, 6) is 0.859. The van der Waals surface area contributed by atoms with E-state index in [0.717, 1.165) is 32.4 Å². The van der Waals surface area contributed by atoms with Crippen molar-refractivity contribution >= 4 is 0 Å². The molecule has 0 amide bonds. The Kier molecular flexibility index (Phi) is 7.22. The molecule has 1 aromatic carbocycles. The van der Waals surface area contributed by atoms with Crippen molar-refractivity contribution in [3.8, 4) is 6.07 Å². The van der Waals surface area contributed by atoms with Gasteiger partial charge in [0.15, 0.2) is 0 Å². The van der Waals surface area contributed by atoms with Gasteiger partial charge in [-0.15, -0.1) is 0 Å². The maximum atomic E-state index is 8.85. The summed E-state index contributed by atoms with van der Waals surface area (Å²) >= 11 is 0. The third-order valence-electron chi connectivity index (χ3n) is 3.32. The molecule has 0 saturated heterocycles. The Bertz CT molecular complexity index is 387. The summed E-state index contributed by atoms with van der Waals surface area (Å²) in [6.45, 7) is 8.30. The highest BCUT2D eigenvalue weighted by Gasteiger charge is 2.03. The molecule has 0 radical (unpaired) electrons. The number of hydrogen-bond acceptors (Lipinski definition) is 2. The minimum absolute atomic E-state index is 0.147. The average molecular weight is 258 g/mol. The zero-order valence-electron chi connectivity index (χ0n) is 12.4. The molecule has 0 saturated carbocycles. The molecular formula is C17H26N2. The van der Waals surface area contributed by atoms with Crippen LogP contribution in [0.5, 0.6) is 0 Å². The molecule has 0 aliphatic carbocycles. The van der Waals surface area contributed by atoms with Gasteiger partial charge in [-0.05, 0) is 42.9 Å². The molecule has 2 heteroatoms. The summed E-state index contributed by atoms with van der Waals surface area (Å²) in [6, 6.07) is 11.2. The van der Waals surface area contributed by atoms with Gasteiger partial charge in [0.2, 0.25) is 0 Å². The second-order valence-corrected chi connectivity index (χ2v) is 5.60. The monoisotopic (exact) mass is 258 g/mol. The maximum Gasteiger partial charge on any atom is 0.0669 e. The molecule has 1 aromatic rings. The third kappa shape index (κ3) is 6.40. The van der Waals surface area contributed by atoms with Crippen LogP contribution in [0.2, 0.25) is 0 Å². The van der Waals surface area contributed by atoms with Gasteiger partial charge in [0.05, 0.1) is 12.0 Å². The molecule has 0 aliphatic heterocycles. The highest BCUT2D eigenvalue weighted by molar-refractivity contribution is 5.23. The zero-order chi connectivity index (χ0) is 14.1. The minimum atomic E-state index is 0.147. The van der Waals surface area contributed by atoms with E-state index < -0.39 is 0 Å². The fourth-order valence-corrected chi connectivity index (χ4v) is 2.10. The fourth-order valence-electron chi connectivity index (χ4n) is 2.10. The van der Waals surface area contributed by atoms with Crippen molar-refractivity contribution in [3.63, 3.8) is 0 Å². The van der Waals surface area contributed by atoms with Crippen LogP contribution in [-0.4, -0.2) is 13.1 Å². The molecule has 0 spiro atoms. The Hall–Kier alpha value is -1.33. The van der Waals surface area contributed by atoms with Crippen molar-refractivity contribution in [1.29, 1.82) is 5.26 Å². The van der Waals surface area contributed by atoms with Gasteiger partial charge in [0, 0.05) is 6.54 Å². The van der Waals surface area contributed by atoms with E-state index in [4.69, 9.17) is 5.26 Å². The molecule has 0 aliphatic rings. The molecule has 19 heavy (non-hydrogen) atoms. The van der Waals surface area contributed by atoms with Gasteiger partial charge in [-0.3, -0.25) is 0 Å². The fraction of sp³-hybridized carbons (Fsp3) is 0.588. The third-order valence-corrected chi connectivity index (χ3v) is 3.32. The molecular weight excluding hydrogens is 232 g/mol. The quantitative estimate of drug-likeness (QED) is 0.724. The van der Waals surface area contributed by atoms with Crippen molar-refractivity contribution in [1.82, 2.24) is 5.32 Å². The Labute approximate surface area is 117 Å². The summed E-state index contributed by atoms with van der Waals surface area (Å²) < 4.78 is 0. The predicted molar refractivity (Wildman–Crippen MR) is 81.0 cm³/mol. The first-order valence-corrected chi connectivity index (χ1v) is 7.33. The topological polar surface area (TPSA) is 35.8 Å². The lowest BCUT2D eigenvalue weighted by Gasteiger charge is -2.09. The van der Waals surface area contributed by atoms with Crippen LogP contribution in [0.4, 0.5) is 0 Å². The van der Waals surface area contributed by atoms with Crippen LogP contribution in [0.15, 0.2) is 24.3 Å². The molecule has 0 bridgehead atoms. The Balaban J connectivity index is 2.28. The standard InChI is InChI=1S/C17H26N2/c1-4-15(12-18)13-19-10-9-16-5-7-17(8-6-16)11-14(2)3/h5-8,14-15,19H,4,9-11,13H2,1-3H3. The molecule has 1 N–H and O–H groups in total. The van der Waals surface area contributed by atoms with Crippen LogP contribution in [0.3, 0.4) is 0 Å². The lowest BCUT2D eigenvalue weighted by atomic mass is 10.0. The van der Waals surface area contributed by atoms with Gasteiger partial charge in [0.1, 0.15) is 0 Å². The van der Waals surface area contributed by atoms with E-state index >= 15 is 0 Å². The highest BCUT2D eigenvalue weighted by atomic mass is 14.8. The lowest BCUT2D eigenvalue weighted by Crippen LogP contribution is -2.23. The molecule has 1 atom stereocenters. The van der Waals surface area contributed by atoms with Gasteiger partial charge in [-0.25, -0.2) is 0 Å². The largest absolute Gasteiger partial charge is 0.315 e. The smallest absolute Gasteiger partial charge is 0.0669 e. The van der Waals surface area contributed by atoms with Crippen molar-refractivity contribution in [3.05, 3.63) is 35.4 Å². The van der Waals surface area contributed by atoms with Gasteiger partial charge >= 0.3 is 0 Å². The Morgan fingerprint density at radius 3 is 2.32 bits per heavy atom. The van der Waals surface area contributed by atoms with Gasteiger partial charge < -0.3 is 5.32 Å². The number of rotatable bonds is 8. The number of benzene rings is 1. The first kappa shape index (κ1) is 15.7. The average Bonchev–Trinajstić information content (AvgIpc) is 2.40. The molecule has 1 rings (SSSR count). The SMILES string of the molecule is CCC(C#N)CNCCc1ccc(CC(C)C)cc1. The van der Waals surface area contributed by atoms with Gasteiger partial charge in [-0.1, -0.05) is 45.0 Å². The molecule has 0 heterocycles. The molecule has 1 unspecified atom stereocenters. The normalized spacial score (nSPS) is 12.4. The number of nitriles is 1. The second-order valence-electron chi connectivity index (χ2n) is 5.60. The van der Waals surface area contributed by atoms with E-state index in [2.05, 4.69) is 56.4 Å². The maximum absolute atomic E-state index is 8.85. The van der Waals surface area contributed by atoms with Crippen LogP contribution < -0.4 is 5.32 Å². The summed E-state index contributed by atoms with van der Waals surface area (Å²) in [7, 11) is 0. The first-order valence-electron chi connectivity index (χ1n) is 7.33. The van der Waals surface area contributed by atoms with Crippen molar-refractivity contribution in [2.45, 2.75) is 40.0 Å². The van der Waals surface area contributed by atoms with E-state index in [9.17, 15) is 0 Å². The second kappa shape index (κ2) is 8.72. The molecule has 104 valence electrons. The summed E-state index contributed by atoms with van der Waals surface area (Å²) in [4.78, 5) is 0. The number of nitrogens with one attached hydrogen (secondary N) is 1. The van der Waals surface area contributed by atoms with Crippen molar-refractivity contribution in [2.75, 3.05) is 13.1 Å². The number of nitrogens with zero attached hydrogens (tertiary/aromatic N) is 1. The molecule has 0 fully saturated rings. The van der Waals surface area contributed by atoms with Crippen LogP contribution in [0.1, 0.15) is 38.3 Å². The summed E-state index contributed by atoms with van der Waals surface area (Å²) in [5, 5.41) is 12.2. The van der Waals surface area contributed by atoms with Crippen LogP contribution in [0.25, 0.3) is 0 Å². The lowest BCUT2D eigenvalue weighted by molar-refractivity contribution is 0.555. The van der Waals surface area contributed by atoms with Crippen LogP contribution in [0, 0.1) is 23.2 Å². The number of hydrogen-bond donors (Lipinski definition) is 1. The van der Waals surface area contributed by atoms with E-state index in [1.807, 2.05) is 0 Å². The van der Waals surface area contributed by atoms with E-state index in [0.29, 0.717) is 5.92 Å². The molecule has 2 nitrogen and oxygen atoms in total. The van der Waals surface area contributed by atoms with Crippen molar-refractivity contribution < 1.29 is 0 Å². The minimum Gasteiger partial charge on any atom is -0.315 e. The van der Waals surface area contributed by atoms with Crippen LogP contribution >= 0.6 is 0 Å².